The van der Waals surface area contributed by atoms with Crippen molar-refractivity contribution >= 4 is 5.97 Å². The molecule has 6 rings (SSSR count). The Morgan fingerprint density at radius 1 is 0.879 bits per heavy atom. The molecule has 1 heterocycles. The van der Waals surface area contributed by atoms with Crippen LogP contribution in [-0.2, 0) is 9.53 Å². The maximum Gasteiger partial charge on any atom is 0.312 e. The summed E-state index contributed by atoms with van der Waals surface area (Å²) in [6, 6.07) is 0. The number of hydrogen-bond acceptors (Lipinski definition) is 3. The number of aliphatic hydroxyl groups excluding tert-OH is 1. The van der Waals surface area contributed by atoms with Gasteiger partial charge < -0.3 is 9.84 Å². The van der Waals surface area contributed by atoms with Crippen LogP contribution in [0.5, 0.6) is 0 Å². The minimum absolute atomic E-state index is 0.000773. The number of allylic oxidation sites excluding steroid dienone is 2. The largest absolute Gasteiger partial charge is 0.461 e. The molecule has 6 aliphatic rings. The number of carbonyl (C=O) groups is 1. The molecule has 1 N–H and O–H groups in total. The van der Waals surface area contributed by atoms with E-state index in [4.69, 9.17) is 4.74 Å². The van der Waals surface area contributed by atoms with Gasteiger partial charge in [-0.2, -0.15) is 0 Å². The minimum Gasteiger partial charge on any atom is -0.461 e. The summed E-state index contributed by atoms with van der Waals surface area (Å²) in [5, 5.41) is 10.9. The van der Waals surface area contributed by atoms with Crippen molar-refractivity contribution in [2.75, 3.05) is 0 Å². The molecule has 3 heteroatoms. The third-order valence-electron chi connectivity index (χ3n) is 13.6. The zero-order chi connectivity index (χ0) is 23.8. The van der Waals surface area contributed by atoms with Crippen molar-refractivity contribution in [2.45, 2.75) is 118 Å². The van der Waals surface area contributed by atoms with Crippen LogP contribution in [0.3, 0.4) is 0 Å². The predicted octanol–water partition coefficient (Wildman–Crippen LogP) is 6.68. The lowest BCUT2D eigenvalue weighted by atomic mass is 9.33. The number of esters is 1. The molecule has 5 aliphatic carbocycles. The highest BCUT2D eigenvalue weighted by atomic mass is 16.6. The van der Waals surface area contributed by atoms with Gasteiger partial charge in [-0.1, -0.05) is 53.2 Å². The monoisotopic (exact) mass is 454 g/mol. The van der Waals surface area contributed by atoms with Crippen molar-refractivity contribution in [1.82, 2.24) is 0 Å². The summed E-state index contributed by atoms with van der Waals surface area (Å²) in [5.41, 5.74) is 2.25. The van der Waals surface area contributed by atoms with Gasteiger partial charge in [-0.15, -0.1) is 0 Å². The van der Waals surface area contributed by atoms with Crippen molar-refractivity contribution in [3.63, 3.8) is 0 Å². The predicted molar refractivity (Wildman–Crippen MR) is 130 cm³/mol. The van der Waals surface area contributed by atoms with Gasteiger partial charge in [0.15, 0.2) is 0 Å². The number of ether oxygens (including phenoxy) is 1. The van der Waals surface area contributed by atoms with Crippen LogP contribution >= 0.6 is 0 Å². The highest BCUT2D eigenvalue weighted by Gasteiger charge is 2.70. The second-order valence-corrected chi connectivity index (χ2v) is 15.1. The highest BCUT2D eigenvalue weighted by molar-refractivity contribution is 5.79. The molecule has 0 aromatic rings. The van der Waals surface area contributed by atoms with Gasteiger partial charge in [0, 0.05) is 11.8 Å². The molecule has 10 atom stereocenters. The van der Waals surface area contributed by atoms with E-state index in [2.05, 4.69) is 54.5 Å². The van der Waals surface area contributed by atoms with Crippen LogP contribution in [0.1, 0.15) is 106 Å². The van der Waals surface area contributed by atoms with Crippen molar-refractivity contribution in [3.05, 3.63) is 11.6 Å². The first-order chi connectivity index (χ1) is 15.2. The van der Waals surface area contributed by atoms with E-state index in [1.54, 1.807) is 5.57 Å². The Morgan fingerprint density at radius 3 is 2.33 bits per heavy atom. The van der Waals surface area contributed by atoms with Crippen molar-refractivity contribution in [1.29, 1.82) is 0 Å². The summed E-state index contributed by atoms with van der Waals surface area (Å²) in [4.78, 5) is 12.8. The van der Waals surface area contributed by atoms with E-state index in [0.717, 1.165) is 25.7 Å². The van der Waals surface area contributed by atoms with Gasteiger partial charge >= 0.3 is 5.97 Å². The van der Waals surface area contributed by atoms with Crippen LogP contribution in [-0.4, -0.2) is 23.3 Å². The molecule has 5 fully saturated rings. The molecule has 1 aliphatic heterocycles. The van der Waals surface area contributed by atoms with Gasteiger partial charge in [0.05, 0.1) is 11.5 Å². The molecule has 0 radical (unpaired) electrons. The fraction of sp³-hybridized carbons (Fsp3) is 0.900. The first-order valence-corrected chi connectivity index (χ1v) is 13.8. The Kier molecular flexibility index (Phi) is 4.31. The fourth-order valence-corrected chi connectivity index (χ4v) is 11.1. The molecule has 0 aromatic heterocycles. The van der Waals surface area contributed by atoms with Crippen molar-refractivity contribution < 1.29 is 14.6 Å². The molecule has 1 saturated heterocycles. The molecule has 0 amide bonds. The third kappa shape index (κ3) is 2.44. The van der Waals surface area contributed by atoms with E-state index < -0.39 is 0 Å². The van der Waals surface area contributed by atoms with Gasteiger partial charge in [-0.05, 0) is 97.7 Å². The number of fused-ring (bicyclic) bond motifs is 10. The standard InChI is InChI=1S/C30H46O3/c1-25(2)20-10-13-30(7)21(28(20,5)12-11-22(25)31)9-8-18-19-16-26(3)17-23(33-24(26)32)27(19,4)14-15-29(18,30)6/h8,19-23,31H,9-17H2,1-7H3/t19-,20?,21?,22-,23?,26-,27+,28-,29?,30+/m0/s1. The molecule has 3 nitrogen and oxygen atoms in total. The molecule has 2 bridgehead atoms. The summed E-state index contributed by atoms with van der Waals surface area (Å²) < 4.78 is 6.03. The Bertz CT molecular complexity index is 935. The Hall–Kier alpha value is -0.830. The SMILES string of the molecule is CC1(C)C2CC[C@]3(C)C(CC=C4[C@@H]5C[C@@]6(C)CC(OC6=O)[C@]5(C)CCC43C)[C@@]2(C)CC[C@@H]1O. The van der Waals surface area contributed by atoms with E-state index in [-0.39, 0.29) is 50.7 Å². The number of hydrogen-bond donors (Lipinski definition) is 1. The van der Waals surface area contributed by atoms with Gasteiger partial charge in [-0.25, -0.2) is 0 Å². The van der Waals surface area contributed by atoms with Crippen LogP contribution in [0.25, 0.3) is 0 Å². The van der Waals surface area contributed by atoms with Crippen molar-refractivity contribution in [2.24, 2.45) is 50.2 Å². The number of aliphatic hydroxyl groups is 1. The van der Waals surface area contributed by atoms with Gasteiger partial charge in [-0.3, -0.25) is 4.79 Å². The molecule has 0 spiro atoms. The van der Waals surface area contributed by atoms with Gasteiger partial charge in [0.1, 0.15) is 6.10 Å². The average molecular weight is 455 g/mol. The Morgan fingerprint density at radius 2 is 1.61 bits per heavy atom. The van der Waals surface area contributed by atoms with E-state index >= 15 is 0 Å². The molecular formula is C30H46O3. The molecular weight excluding hydrogens is 408 g/mol. The molecule has 0 aromatic carbocycles. The van der Waals surface area contributed by atoms with Crippen LogP contribution < -0.4 is 0 Å². The zero-order valence-corrected chi connectivity index (χ0v) is 22.1. The quantitative estimate of drug-likeness (QED) is 0.328. The van der Waals surface area contributed by atoms with E-state index in [1.165, 1.54) is 32.1 Å². The first-order valence-electron chi connectivity index (χ1n) is 13.8. The lowest BCUT2D eigenvalue weighted by Gasteiger charge is -2.71. The highest BCUT2D eigenvalue weighted by Crippen LogP contribution is 2.76. The third-order valence-corrected chi connectivity index (χ3v) is 13.6. The normalized spacial score (nSPS) is 58.8. The van der Waals surface area contributed by atoms with E-state index in [1.807, 2.05) is 0 Å². The van der Waals surface area contributed by atoms with Crippen LogP contribution in [0, 0.1) is 50.2 Å². The van der Waals surface area contributed by atoms with Crippen LogP contribution in [0.15, 0.2) is 11.6 Å². The molecule has 33 heavy (non-hydrogen) atoms. The van der Waals surface area contributed by atoms with Crippen LogP contribution in [0.2, 0.25) is 0 Å². The lowest BCUT2D eigenvalue weighted by Crippen LogP contribution is -2.65. The summed E-state index contributed by atoms with van der Waals surface area (Å²) in [6.45, 7) is 17.1. The first kappa shape index (κ1) is 22.6. The van der Waals surface area contributed by atoms with Crippen molar-refractivity contribution in [3.8, 4) is 0 Å². The Labute approximate surface area is 201 Å². The summed E-state index contributed by atoms with van der Waals surface area (Å²) in [5.74, 6) is 1.79. The van der Waals surface area contributed by atoms with Gasteiger partial charge in [0.25, 0.3) is 0 Å². The molecule has 4 unspecified atom stereocenters. The zero-order valence-electron chi connectivity index (χ0n) is 22.1. The van der Waals surface area contributed by atoms with Gasteiger partial charge in [0.2, 0.25) is 0 Å². The van der Waals surface area contributed by atoms with E-state index in [9.17, 15) is 9.90 Å². The topological polar surface area (TPSA) is 46.5 Å². The fourth-order valence-electron chi connectivity index (χ4n) is 11.1. The average Bonchev–Trinajstić information content (AvgIpc) is 3.00. The minimum atomic E-state index is -0.293. The van der Waals surface area contributed by atoms with E-state index in [0.29, 0.717) is 17.8 Å². The molecule has 184 valence electrons. The summed E-state index contributed by atoms with van der Waals surface area (Å²) >= 11 is 0. The smallest absolute Gasteiger partial charge is 0.312 e. The Balaban J connectivity index is 1.43. The lowest BCUT2D eigenvalue weighted by molar-refractivity contribution is -0.204. The second-order valence-electron chi connectivity index (χ2n) is 15.1. The molecule has 4 saturated carbocycles. The second kappa shape index (κ2) is 6.29. The van der Waals surface area contributed by atoms with Crippen LogP contribution in [0.4, 0.5) is 0 Å². The summed E-state index contributed by atoms with van der Waals surface area (Å²) in [6.07, 6.45) is 12.6. The maximum atomic E-state index is 12.8. The number of carbonyl (C=O) groups excluding carboxylic acids is 1. The number of rotatable bonds is 0. The maximum absolute atomic E-state index is 12.8. The summed E-state index contributed by atoms with van der Waals surface area (Å²) in [7, 11) is 0.